The molecule has 8 heteroatoms. The Kier molecular flexibility index (Phi) is 6.30. The van der Waals surface area contributed by atoms with E-state index >= 15 is 0 Å². The summed E-state index contributed by atoms with van der Waals surface area (Å²) in [5, 5.41) is 3.35. The van der Waals surface area contributed by atoms with E-state index in [0.717, 1.165) is 36.8 Å². The van der Waals surface area contributed by atoms with E-state index in [1.165, 1.54) is 6.07 Å². The lowest BCUT2D eigenvalue weighted by Gasteiger charge is -2.30. The van der Waals surface area contributed by atoms with Crippen LogP contribution in [0.3, 0.4) is 0 Å². The first-order valence-electron chi connectivity index (χ1n) is 9.90. The highest BCUT2D eigenvalue weighted by atomic mass is 19.2. The summed E-state index contributed by atoms with van der Waals surface area (Å²) in [4.78, 5) is 22.7. The van der Waals surface area contributed by atoms with Crippen LogP contribution in [0.1, 0.15) is 60.0 Å². The fourth-order valence-electron chi connectivity index (χ4n) is 3.93. The van der Waals surface area contributed by atoms with Gasteiger partial charge in [-0.3, -0.25) is 4.79 Å². The van der Waals surface area contributed by atoms with E-state index in [-0.39, 0.29) is 23.1 Å². The maximum atomic E-state index is 14.4. The molecule has 0 radical (unpaired) electrons. The van der Waals surface area contributed by atoms with Crippen LogP contribution >= 0.6 is 0 Å². The number of nitrogens with zero attached hydrogens (tertiary/aromatic N) is 3. The molecule has 3 N–H and O–H groups in total. The topological polar surface area (TPSA) is 84.1 Å². The molecule has 1 saturated carbocycles. The Morgan fingerprint density at radius 1 is 1.28 bits per heavy atom. The summed E-state index contributed by atoms with van der Waals surface area (Å²) in [6.07, 6.45) is 4.49. The van der Waals surface area contributed by atoms with Gasteiger partial charge in [0.2, 0.25) is 11.9 Å². The predicted molar refractivity (Wildman–Crippen MR) is 109 cm³/mol. The minimum absolute atomic E-state index is 0.0643. The van der Waals surface area contributed by atoms with Crippen molar-refractivity contribution in [1.29, 1.82) is 0 Å². The summed E-state index contributed by atoms with van der Waals surface area (Å²) in [5.74, 6) is -1.46. The minimum Gasteiger partial charge on any atom is -0.366 e. The number of nitrogens with one attached hydrogen (secondary N) is 1. The van der Waals surface area contributed by atoms with Crippen molar-refractivity contribution in [2.24, 2.45) is 5.73 Å². The smallest absolute Gasteiger partial charge is 0.249 e. The van der Waals surface area contributed by atoms with Crippen LogP contribution in [0.4, 0.5) is 20.5 Å². The van der Waals surface area contributed by atoms with E-state index in [1.807, 2.05) is 14.0 Å². The normalized spacial score (nSPS) is 19.1. The zero-order valence-electron chi connectivity index (χ0n) is 17.0. The van der Waals surface area contributed by atoms with E-state index < -0.39 is 17.5 Å². The molecule has 0 unspecified atom stereocenters. The van der Waals surface area contributed by atoms with Crippen molar-refractivity contribution in [1.82, 2.24) is 9.97 Å². The second-order valence-electron chi connectivity index (χ2n) is 7.59. The Bertz CT molecular complexity index is 897. The lowest BCUT2D eigenvalue weighted by molar-refractivity contribution is 0.0998. The van der Waals surface area contributed by atoms with Crippen molar-refractivity contribution in [2.45, 2.75) is 51.5 Å². The van der Waals surface area contributed by atoms with E-state index in [4.69, 9.17) is 5.73 Å². The average molecular weight is 403 g/mol. The Balaban J connectivity index is 1.71. The van der Waals surface area contributed by atoms with Crippen LogP contribution in [0.15, 0.2) is 18.3 Å². The second kappa shape index (κ2) is 8.71. The lowest BCUT2D eigenvalue weighted by Crippen LogP contribution is -2.28. The van der Waals surface area contributed by atoms with E-state index in [1.54, 1.807) is 6.20 Å². The highest BCUT2D eigenvalue weighted by molar-refractivity contribution is 5.94. The van der Waals surface area contributed by atoms with E-state index in [9.17, 15) is 13.6 Å². The number of benzene rings is 1. The summed E-state index contributed by atoms with van der Waals surface area (Å²) >= 11 is 0. The summed E-state index contributed by atoms with van der Waals surface area (Å²) in [6, 6.07) is 2.35. The molecule has 1 fully saturated rings. The number of halogens is 2. The van der Waals surface area contributed by atoms with Crippen molar-refractivity contribution in [3.05, 3.63) is 46.7 Å². The van der Waals surface area contributed by atoms with Gasteiger partial charge in [-0.1, -0.05) is 0 Å². The minimum atomic E-state index is -0.966. The van der Waals surface area contributed by atoms with Crippen LogP contribution in [0, 0.1) is 18.6 Å². The van der Waals surface area contributed by atoms with Gasteiger partial charge in [-0.05, 0) is 57.6 Å². The van der Waals surface area contributed by atoms with Gasteiger partial charge < -0.3 is 16.0 Å². The molecule has 1 amide bonds. The highest BCUT2D eigenvalue weighted by Crippen LogP contribution is 2.37. The van der Waals surface area contributed by atoms with Crippen LogP contribution < -0.4 is 16.0 Å². The quantitative estimate of drug-likeness (QED) is 0.767. The number of hydrogen-bond acceptors (Lipinski definition) is 5. The number of carbonyl (C=O) groups is 1. The summed E-state index contributed by atoms with van der Waals surface area (Å²) in [5.41, 5.74) is 6.54. The largest absolute Gasteiger partial charge is 0.366 e. The zero-order valence-corrected chi connectivity index (χ0v) is 17.0. The van der Waals surface area contributed by atoms with Crippen LogP contribution in [0.2, 0.25) is 0 Å². The molecule has 0 spiro atoms. The van der Waals surface area contributed by atoms with Gasteiger partial charge >= 0.3 is 0 Å². The SMILES string of the molecule is CCN(C)c1nc(NC2CCC(c3c(C(N)=O)ccc(F)c3F)CC2)ncc1C. The molecule has 1 aliphatic rings. The number of primary amides is 1. The predicted octanol–water partition coefficient (Wildman–Crippen LogP) is 3.76. The monoisotopic (exact) mass is 403 g/mol. The Labute approximate surface area is 169 Å². The molecule has 3 rings (SSSR count). The first kappa shape index (κ1) is 21.0. The molecule has 1 aromatic heterocycles. The molecule has 0 saturated heterocycles. The Hall–Kier alpha value is -2.77. The molecule has 0 atom stereocenters. The van der Waals surface area contributed by atoms with E-state index in [0.29, 0.717) is 18.8 Å². The number of aryl methyl sites for hydroxylation is 1. The van der Waals surface area contributed by atoms with Gasteiger partial charge in [0.1, 0.15) is 5.82 Å². The first-order chi connectivity index (χ1) is 13.8. The van der Waals surface area contributed by atoms with Crippen molar-refractivity contribution < 1.29 is 13.6 Å². The van der Waals surface area contributed by atoms with Crippen LogP contribution in [0.25, 0.3) is 0 Å². The van der Waals surface area contributed by atoms with Crippen molar-refractivity contribution in [2.75, 3.05) is 23.8 Å². The van der Waals surface area contributed by atoms with Gasteiger partial charge in [-0.25, -0.2) is 13.8 Å². The molecule has 1 heterocycles. The molecule has 1 aliphatic carbocycles. The Morgan fingerprint density at radius 2 is 1.97 bits per heavy atom. The molecule has 2 aromatic rings. The number of rotatable bonds is 6. The van der Waals surface area contributed by atoms with Gasteiger partial charge in [-0.15, -0.1) is 0 Å². The lowest BCUT2D eigenvalue weighted by atomic mass is 9.79. The maximum absolute atomic E-state index is 14.4. The number of nitrogens with two attached hydrogens (primary N) is 1. The number of hydrogen-bond donors (Lipinski definition) is 2. The van der Waals surface area contributed by atoms with Crippen LogP contribution in [0.5, 0.6) is 0 Å². The maximum Gasteiger partial charge on any atom is 0.249 e. The van der Waals surface area contributed by atoms with Crippen molar-refractivity contribution in [3.63, 3.8) is 0 Å². The third-order valence-corrected chi connectivity index (χ3v) is 5.65. The van der Waals surface area contributed by atoms with Crippen LogP contribution in [-0.4, -0.2) is 35.5 Å². The number of anilines is 2. The molecular weight excluding hydrogens is 376 g/mol. The van der Waals surface area contributed by atoms with Gasteiger partial charge in [0.05, 0.1) is 0 Å². The number of amides is 1. The summed E-state index contributed by atoms with van der Waals surface area (Å²) in [7, 11) is 1.98. The molecule has 1 aromatic carbocycles. The molecular formula is C21H27F2N5O. The van der Waals surface area contributed by atoms with Crippen molar-refractivity contribution >= 4 is 17.7 Å². The third-order valence-electron chi connectivity index (χ3n) is 5.65. The zero-order chi connectivity index (χ0) is 21.1. The molecule has 0 bridgehead atoms. The molecule has 29 heavy (non-hydrogen) atoms. The van der Waals surface area contributed by atoms with Gasteiger partial charge in [0.25, 0.3) is 0 Å². The fraction of sp³-hybridized carbons (Fsp3) is 0.476. The van der Waals surface area contributed by atoms with Gasteiger partial charge in [-0.2, -0.15) is 4.98 Å². The number of carbonyl (C=O) groups excluding carboxylic acids is 1. The molecule has 0 aliphatic heterocycles. The highest BCUT2D eigenvalue weighted by Gasteiger charge is 2.29. The fourth-order valence-corrected chi connectivity index (χ4v) is 3.93. The number of aromatic nitrogens is 2. The van der Waals surface area contributed by atoms with Gasteiger partial charge in [0.15, 0.2) is 11.6 Å². The van der Waals surface area contributed by atoms with Crippen molar-refractivity contribution in [3.8, 4) is 0 Å². The summed E-state index contributed by atoms with van der Waals surface area (Å²) in [6.45, 7) is 4.87. The molecule has 156 valence electrons. The Morgan fingerprint density at radius 3 is 2.59 bits per heavy atom. The molecule has 6 nitrogen and oxygen atoms in total. The average Bonchev–Trinajstić information content (AvgIpc) is 2.71. The second-order valence-corrected chi connectivity index (χ2v) is 7.59. The summed E-state index contributed by atoms with van der Waals surface area (Å²) < 4.78 is 28.2. The van der Waals surface area contributed by atoms with Gasteiger partial charge in [0, 0.05) is 42.5 Å². The standard InChI is InChI=1S/C21H27F2N5O/c1-4-28(3)20-12(2)11-25-21(27-20)26-14-7-5-13(6-8-14)17-15(19(24)29)9-10-16(22)18(17)23/h9-11,13-14H,4-8H2,1-3H3,(H2,24,29)(H,25,26,27). The van der Waals surface area contributed by atoms with E-state index in [2.05, 4.69) is 27.1 Å². The first-order valence-corrected chi connectivity index (χ1v) is 9.90. The van der Waals surface area contributed by atoms with Crippen LogP contribution in [-0.2, 0) is 0 Å². The third kappa shape index (κ3) is 4.46.